The summed E-state index contributed by atoms with van der Waals surface area (Å²) >= 11 is 0. The second-order valence-electron chi connectivity index (χ2n) is 17.1. The predicted octanol–water partition coefficient (Wildman–Crippen LogP) is 5.97. The number of piperidine rings is 1. The lowest BCUT2D eigenvalue weighted by Crippen LogP contribution is -2.54. The van der Waals surface area contributed by atoms with Gasteiger partial charge in [-0.3, -0.25) is 9.59 Å². The Morgan fingerprint density at radius 3 is 2.24 bits per heavy atom. The highest BCUT2D eigenvalue weighted by Crippen LogP contribution is 2.36. The number of cyclic esters (lactones) is 1. The fourth-order valence-corrected chi connectivity index (χ4v) is 9.47. The summed E-state index contributed by atoms with van der Waals surface area (Å²) in [4.78, 5) is 43.9. The summed E-state index contributed by atoms with van der Waals surface area (Å²) in [5, 5.41) is 22.1. The second-order valence-corrected chi connectivity index (χ2v) is 17.1. The fourth-order valence-electron chi connectivity index (χ4n) is 9.47. The summed E-state index contributed by atoms with van der Waals surface area (Å²) in [6, 6.07) is -0.768. The number of hydrogen-bond acceptors (Lipinski definition) is 10. The molecule has 1 aliphatic carbocycles. The zero-order valence-corrected chi connectivity index (χ0v) is 34.5. The largest absolute Gasteiger partial charge is 0.456 e. The van der Waals surface area contributed by atoms with Crippen molar-refractivity contribution >= 4 is 17.7 Å². The fraction of sp³-hybridized carbons (Fsp3) is 0.837. The van der Waals surface area contributed by atoms with Gasteiger partial charge in [0.15, 0.2) is 0 Å². The molecule has 4 rings (SSSR count). The van der Waals surface area contributed by atoms with Crippen molar-refractivity contribution < 1.29 is 48.3 Å². The van der Waals surface area contributed by atoms with Crippen molar-refractivity contribution in [2.24, 2.45) is 29.6 Å². The smallest absolute Gasteiger partial charge is 0.329 e. The van der Waals surface area contributed by atoms with Crippen molar-refractivity contribution in [2.45, 2.75) is 173 Å². The van der Waals surface area contributed by atoms with E-state index in [1.807, 2.05) is 26.8 Å². The van der Waals surface area contributed by atoms with Crippen LogP contribution in [-0.4, -0.2) is 116 Å². The second kappa shape index (κ2) is 20.8. The Morgan fingerprint density at radius 2 is 1.57 bits per heavy atom. The lowest BCUT2D eigenvalue weighted by Gasteiger charge is -2.44. The van der Waals surface area contributed by atoms with E-state index >= 15 is 0 Å². The molecule has 54 heavy (non-hydrogen) atoms. The number of Topliss-reactive ketones (excluding diaryl/α,β-unsaturated/α-hetero) is 1. The molecule has 0 aromatic rings. The van der Waals surface area contributed by atoms with Gasteiger partial charge in [-0.2, -0.15) is 0 Å². The molecule has 3 aliphatic heterocycles. The summed E-state index contributed by atoms with van der Waals surface area (Å²) in [6.07, 6.45) is 7.11. The Kier molecular flexibility index (Phi) is 17.2. The minimum atomic E-state index is -1.06. The first-order chi connectivity index (χ1) is 25.7. The third kappa shape index (κ3) is 11.5. The highest BCUT2D eigenvalue weighted by molar-refractivity contribution is 5.85. The standard InChI is InChI=1S/C43H71NO10/c1-10-31-18-25(2)17-26(3)19-38(51-8)42-39(52-9)21-27(4)36(53-42)24-40(48)44-16-12-11-13-32(44)43(49)54-41(29(6)34(46)23-35(31)47)28(5)20-30-14-15-33(45)37(22-30)50-7/h18,20,26-27,29-34,36-39,41-42,45-46H,10-17,19,21-24H2,1-9H3/b25-18+,28-20+/t26-,27+,29+,30-,31+,32-,33+,34-,36+,37+,38-,39-,41+,42+/m0/s1. The SMILES string of the molecule is CC[C@@H]1/C=C(\C)C[C@H](C)C[C@H](OC)[C@H]2O[C@H](CC(=O)N3CCCC[C@H]3C(=O)O[C@H](/C(C)=C/[C@@H]3CC[C@@H](O)[C@H](OC)C3)[C@H](C)[C@@H](O)CC1=O)[C@H](C)C[C@@H]2OC. The van der Waals surface area contributed by atoms with Crippen molar-refractivity contribution in [1.82, 2.24) is 4.90 Å². The maximum Gasteiger partial charge on any atom is 0.329 e. The molecular weight excluding hydrogens is 690 g/mol. The number of nitrogens with zero attached hydrogens (tertiary/aromatic N) is 1. The summed E-state index contributed by atoms with van der Waals surface area (Å²) in [7, 11) is 4.99. The number of aliphatic hydroxyl groups is 2. The summed E-state index contributed by atoms with van der Waals surface area (Å²) < 4.78 is 30.7. The Labute approximate surface area is 324 Å². The number of methoxy groups -OCH3 is 3. The molecule has 0 spiro atoms. The average molecular weight is 762 g/mol. The van der Waals surface area contributed by atoms with E-state index in [1.54, 1.807) is 26.2 Å². The number of allylic oxidation sites excluding steroid dienone is 3. The van der Waals surface area contributed by atoms with Gasteiger partial charge < -0.3 is 38.8 Å². The number of carbonyl (C=O) groups is 3. The third-order valence-electron chi connectivity index (χ3n) is 12.8. The molecule has 3 fully saturated rings. The number of rotatable bonds is 6. The van der Waals surface area contributed by atoms with Crippen LogP contribution < -0.4 is 0 Å². The van der Waals surface area contributed by atoms with Crippen molar-refractivity contribution in [2.75, 3.05) is 27.9 Å². The number of ketones is 1. The van der Waals surface area contributed by atoms with Gasteiger partial charge in [0.25, 0.3) is 0 Å². The van der Waals surface area contributed by atoms with Crippen molar-refractivity contribution in [1.29, 1.82) is 0 Å². The highest BCUT2D eigenvalue weighted by atomic mass is 16.6. The molecule has 308 valence electrons. The number of aliphatic hydroxyl groups excluding tert-OH is 2. The number of fused-ring (bicyclic) bond motifs is 3. The van der Waals surface area contributed by atoms with Crippen molar-refractivity contribution in [3.8, 4) is 0 Å². The quantitative estimate of drug-likeness (QED) is 0.246. The van der Waals surface area contributed by atoms with E-state index in [4.69, 9.17) is 23.7 Å². The van der Waals surface area contributed by atoms with Crippen LogP contribution in [0, 0.1) is 29.6 Å². The molecule has 0 radical (unpaired) electrons. The van der Waals surface area contributed by atoms with Crippen LogP contribution in [0.5, 0.6) is 0 Å². The molecule has 14 atom stereocenters. The summed E-state index contributed by atoms with van der Waals surface area (Å²) in [6.45, 7) is 12.5. The third-order valence-corrected chi connectivity index (χ3v) is 12.8. The van der Waals surface area contributed by atoms with E-state index in [0.29, 0.717) is 38.6 Å². The van der Waals surface area contributed by atoms with E-state index in [2.05, 4.69) is 26.8 Å². The number of esters is 1. The number of ether oxygens (including phenoxy) is 5. The first-order valence-corrected chi connectivity index (χ1v) is 20.7. The number of carbonyl (C=O) groups excluding carboxylic acids is 3. The van der Waals surface area contributed by atoms with Crippen LogP contribution >= 0.6 is 0 Å². The average Bonchev–Trinajstić information content (AvgIpc) is 3.15. The molecule has 4 aliphatic rings. The highest BCUT2D eigenvalue weighted by Gasteiger charge is 2.44. The molecule has 0 aromatic heterocycles. The molecule has 1 saturated carbocycles. The maximum absolute atomic E-state index is 14.3. The van der Waals surface area contributed by atoms with Gasteiger partial charge in [0, 0.05) is 46.1 Å². The number of amides is 1. The van der Waals surface area contributed by atoms with E-state index in [9.17, 15) is 24.6 Å². The van der Waals surface area contributed by atoms with Crippen LogP contribution in [0.25, 0.3) is 0 Å². The van der Waals surface area contributed by atoms with Gasteiger partial charge in [-0.05, 0) is 101 Å². The van der Waals surface area contributed by atoms with E-state index in [0.717, 1.165) is 43.3 Å². The minimum absolute atomic E-state index is 0.0497. The topological polar surface area (TPSA) is 141 Å². The molecule has 1 amide bonds. The monoisotopic (exact) mass is 762 g/mol. The molecule has 2 N–H and O–H groups in total. The Hall–Kier alpha value is -2.15. The summed E-state index contributed by atoms with van der Waals surface area (Å²) in [5.74, 6) is -1.30. The molecular formula is C43H71NO10. The molecule has 2 saturated heterocycles. The molecule has 0 unspecified atom stereocenters. The van der Waals surface area contributed by atoms with Gasteiger partial charge in [0.1, 0.15) is 24.0 Å². The Balaban J connectivity index is 1.70. The zero-order valence-electron chi connectivity index (χ0n) is 34.5. The molecule has 3 heterocycles. The van der Waals surface area contributed by atoms with Crippen LogP contribution in [-0.2, 0) is 38.1 Å². The van der Waals surface area contributed by atoms with Crippen molar-refractivity contribution in [3.63, 3.8) is 0 Å². The van der Waals surface area contributed by atoms with E-state index < -0.39 is 36.2 Å². The van der Waals surface area contributed by atoms with Gasteiger partial charge in [0.05, 0.1) is 43.0 Å². The normalized spacial score (nSPS) is 41.2. The van der Waals surface area contributed by atoms with E-state index in [1.165, 1.54) is 0 Å². The van der Waals surface area contributed by atoms with Gasteiger partial charge in [-0.1, -0.05) is 45.4 Å². The first kappa shape index (κ1) is 44.6. The molecule has 0 aromatic carbocycles. The maximum atomic E-state index is 14.3. The molecule has 11 nitrogen and oxygen atoms in total. The van der Waals surface area contributed by atoms with Crippen LogP contribution in [0.4, 0.5) is 0 Å². The van der Waals surface area contributed by atoms with Gasteiger partial charge in [-0.15, -0.1) is 0 Å². The van der Waals surface area contributed by atoms with Crippen molar-refractivity contribution in [3.05, 3.63) is 23.3 Å². The first-order valence-electron chi connectivity index (χ1n) is 20.7. The minimum Gasteiger partial charge on any atom is -0.456 e. The van der Waals surface area contributed by atoms with Crippen LogP contribution in [0.1, 0.15) is 119 Å². The Bertz CT molecular complexity index is 1300. The lowest BCUT2D eigenvalue weighted by atomic mass is 9.81. The summed E-state index contributed by atoms with van der Waals surface area (Å²) in [5.41, 5.74) is 1.88. The lowest BCUT2D eigenvalue weighted by molar-refractivity contribution is -0.198. The zero-order chi connectivity index (χ0) is 39.7. The molecule has 2 bridgehead atoms. The van der Waals surface area contributed by atoms with Crippen LogP contribution in [0.3, 0.4) is 0 Å². The van der Waals surface area contributed by atoms with Crippen LogP contribution in [0.2, 0.25) is 0 Å². The predicted molar refractivity (Wildman–Crippen MR) is 207 cm³/mol. The molecule has 11 heteroatoms. The van der Waals surface area contributed by atoms with Gasteiger partial charge in [-0.25, -0.2) is 4.79 Å². The van der Waals surface area contributed by atoms with Gasteiger partial charge >= 0.3 is 5.97 Å². The van der Waals surface area contributed by atoms with E-state index in [-0.39, 0.29) is 78.7 Å². The Morgan fingerprint density at radius 1 is 0.889 bits per heavy atom. The van der Waals surface area contributed by atoms with Crippen LogP contribution in [0.15, 0.2) is 23.3 Å². The number of hydrogen-bond donors (Lipinski definition) is 2. The van der Waals surface area contributed by atoms with Gasteiger partial charge in [0.2, 0.25) is 5.91 Å².